The zero-order chi connectivity index (χ0) is 19.3. The lowest BCUT2D eigenvalue weighted by atomic mass is 10.2. The van der Waals surface area contributed by atoms with Crippen LogP contribution in [0.25, 0.3) is 0 Å². The standard InChI is InChI=1S/C21H20N4O3/c1-2-25(13-15-6-4-3-5-7-15)20(26)16-11-22-21(23-12-16)24-17-8-9-18-19(10-17)28-14-27-18/h3-12H,2,13-14H2,1H3,(H,22,23,24). The number of hydrogen-bond donors (Lipinski definition) is 1. The molecule has 7 heteroatoms. The van der Waals surface area contributed by atoms with E-state index in [-0.39, 0.29) is 12.7 Å². The van der Waals surface area contributed by atoms with Crippen LogP contribution in [-0.2, 0) is 6.54 Å². The first-order valence-electron chi connectivity index (χ1n) is 9.05. The first-order valence-corrected chi connectivity index (χ1v) is 9.05. The van der Waals surface area contributed by atoms with Crippen molar-refractivity contribution in [1.82, 2.24) is 14.9 Å². The second-order valence-corrected chi connectivity index (χ2v) is 6.29. The van der Waals surface area contributed by atoms with E-state index in [0.717, 1.165) is 11.3 Å². The van der Waals surface area contributed by atoms with Gasteiger partial charge in [0, 0.05) is 37.2 Å². The summed E-state index contributed by atoms with van der Waals surface area (Å²) in [6.07, 6.45) is 3.08. The molecule has 1 aromatic heterocycles. The number of nitrogens with zero attached hydrogens (tertiary/aromatic N) is 3. The highest BCUT2D eigenvalue weighted by Crippen LogP contribution is 2.34. The van der Waals surface area contributed by atoms with Gasteiger partial charge < -0.3 is 19.7 Å². The quantitative estimate of drug-likeness (QED) is 0.708. The molecule has 1 amide bonds. The molecule has 0 radical (unpaired) electrons. The molecule has 0 fully saturated rings. The van der Waals surface area contributed by atoms with E-state index in [4.69, 9.17) is 9.47 Å². The van der Waals surface area contributed by atoms with Crippen LogP contribution in [0.1, 0.15) is 22.8 Å². The fraction of sp³-hybridized carbons (Fsp3) is 0.190. The predicted molar refractivity (Wildman–Crippen MR) is 105 cm³/mol. The fourth-order valence-electron chi connectivity index (χ4n) is 2.92. The van der Waals surface area contributed by atoms with Gasteiger partial charge in [0.25, 0.3) is 5.91 Å². The largest absolute Gasteiger partial charge is 0.454 e. The second-order valence-electron chi connectivity index (χ2n) is 6.29. The Morgan fingerprint density at radius 3 is 2.57 bits per heavy atom. The fourth-order valence-corrected chi connectivity index (χ4v) is 2.92. The Morgan fingerprint density at radius 2 is 1.82 bits per heavy atom. The Hall–Kier alpha value is -3.61. The number of anilines is 2. The van der Waals surface area contributed by atoms with Gasteiger partial charge in [-0.1, -0.05) is 30.3 Å². The van der Waals surface area contributed by atoms with Crippen molar-refractivity contribution in [2.75, 3.05) is 18.7 Å². The molecule has 3 aromatic rings. The van der Waals surface area contributed by atoms with Gasteiger partial charge in [-0.25, -0.2) is 9.97 Å². The summed E-state index contributed by atoms with van der Waals surface area (Å²) in [5, 5.41) is 3.10. The van der Waals surface area contributed by atoms with Crippen LogP contribution in [0.4, 0.5) is 11.6 Å². The molecule has 0 unspecified atom stereocenters. The van der Waals surface area contributed by atoms with Gasteiger partial charge in [0.2, 0.25) is 12.7 Å². The van der Waals surface area contributed by atoms with Crippen molar-refractivity contribution in [3.8, 4) is 11.5 Å². The van der Waals surface area contributed by atoms with Gasteiger partial charge in [-0.05, 0) is 24.6 Å². The van der Waals surface area contributed by atoms with Gasteiger partial charge >= 0.3 is 0 Å². The molecule has 0 atom stereocenters. The third-order valence-corrected chi connectivity index (χ3v) is 4.41. The number of hydrogen-bond acceptors (Lipinski definition) is 6. The normalized spacial score (nSPS) is 11.9. The lowest BCUT2D eigenvalue weighted by Crippen LogP contribution is -2.30. The second kappa shape index (κ2) is 7.96. The number of fused-ring (bicyclic) bond motifs is 1. The smallest absolute Gasteiger partial charge is 0.257 e. The molecule has 7 nitrogen and oxygen atoms in total. The van der Waals surface area contributed by atoms with Gasteiger partial charge in [0.15, 0.2) is 11.5 Å². The van der Waals surface area contributed by atoms with Crippen LogP contribution in [0.2, 0.25) is 0 Å². The average Bonchev–Trinajstić information content (AvgIpc) is 3.21. The number of carbonyl (C=O) groups is 1. The van der Waals surface area contributed by atoms with Crippen molar-refractivity contribution in [3.05, 3.63) is 72.1 Å². The van der Waals surface area contributed by atoms with Crippen molar-refractivity contribution >= 4 is 17.5 Å². The van der Waals surface area contributed by atoms with Crippen molar-refractivity contribution < 1.29 is 14.3 Å². The Kier molecular flexibility index (Phi) is 5.05. The average molecular weight is 376 g/mol. The lowest BCUT2D eigenvalue weighted by Gasteiger charge is -2.20. The van der Waals surface area contributed by atoms with Gasteiger partial charge in [-0.2, -0.15) is 0 Å². The molecule has 0 bridgehead atoms. The zero-order valence-corrected chi connectivity index (χ0v) is 15.5. The molecule has 0 saturated carbocycles. The van der Waals surface area contributed by atoms with Crippen molar-refractivity contribution in [1.29, 1.82) is 0 Å². The number of rotatable bonds is 6. The highest BCUT2D eigenvalue weighted by Gasteiger charge is 2.16. The Morgan fingerprint density at radius 1 is 1.07 bits per heavy atom. The maximum atomic E-state index is 12.8. The Bertz CT molecular complexity index is 961. The third-order valence-electron chi connectivity index (χ3n) is 4.41. The molecule has 0 spiro atoms. The zero-order valence-electron chi connectivity index (χ0n) is 15.5. The topological polar surface area (TPSA) is 76.6 Å². The minimum absolute atomic E-state index is 0.0963. The summed E-state index contributed by atoms with van der Waals surface area (Å²) in [4.78, 5) is 23.1. The highest BCUT2D eigenvalue weighted by molar-refractivity contribution is 5.93. The maximum Gasteiger partial charge on any atom is 0.257 e. The summed E-state index contributed by atoms with van der Waals surface area (Å²) in [6.45, 7) is 3.33. The molecule has 0 aliphatic carbocycles. The van der Waals surface area contributed by atoms with E-state index in [1.807, 2.05) is 55.5 Å². The molecule has 1 aliphatic heterocycles. The van der Waals surface area contributed by atoms with Gasteiger partial charge in [0.1, 0.15) is 0 Å². The van der Waals surface area contributed by atoms with Gasteiger partial charge in [-0.15, -0.1) is 0 Å². The molecule has 2 aromatic carbocycles. The van der Waals surface area contributed by atoms with Crippen molar-refractivity contribution in [2.24, 2.45) is 0 Å². The lowest BCUT2D eigenvalue weighted by molar-refractivity contribution is 0.0751. The molecule has 1 aliphatic rings. The number of nitrogens with one attached hydrogen (secondary N) is 1. The Labute approximate surface area is 163 Å². The molecular weight excluding hydrogens is 356 g/mol. The van der Waals surface area contributed by atoms with Crippen LogP contribution in [-0.4, -0.2) is 34.1 Å². The number of amides is 1. The molecular formula is C21H20N4O3. The van der Waals surface area contributed by atoms with Crippen molar-refractivity contribution in [3.63, 3.8) is 0 Å². The van der Waals surface area contributed by atoms with E-state index in [1.54, 1.807) is 4.90 Å². The highest BCUT2D eigenvalue weighted by atomic mass is 16.7. The molecule has 0 saturated heterocycles. The molecule has 28 heavy (non-hydrogen) atoms. The van der Waals surface area contributed by atoms with E-state index >= 15 is 0 Å². The SMILES string of the molecule is CCN(Cc1ccccc1)C(=O)c1cnc(Nc2ccc3c(c2)OCO3)nc1. The van der Waals surface area contributed by atoms with Crippen LogP contribution in [0.5, 0.6) is 11.5 Å². The van der Waals surface area contributed by atoms with Crippen LogP contribution in [0, 0.1) is 0 Å². The third kappa shape index (κ3) is 3.88. The summed E-state index contributed by atoms with van der Waals surface area (Å²) in [6, 6.07) is 15.4. The molecule has 2 heterocycles. The molecule has 4 rings (SSSR count). The number of carbonyl (C=O) groups excluding carboxylic acids is 1. The van der Waals surface area contributed by atoms with E-state index < -0.39 is 0 Å². The monoisotopic (exact) mass is 376 g/mol. The number of ether oxygens (including phenoxy) is 2. The maximum absolute atomic E-state index is 12.8. The minimum Gasteiger partial charge on any atom is -0.454 e. The van der Waals surface area contributed by atoms with Crippen LogP contribution in [0.15, 0.2) is 60.9 Å². The summed E-state index contributed by atoms with van der Waals surface area (Å²) in [7, 11) is 0. The van der Waals surface area contributed by atoms with E-state index in [2.05, 4.69) is 15.3 Å². The molecule has 1 N–H and O–H groups in total. The first kappa shape index (κ1) is 17.8. The summed E-state index contributed by atoms with van der Waals surface area (Å²) in [5.41, 5.74) is 2.32. The van der Waals surface area contributed by atoms with E-state index in [9.17, 15) is 4.79 Å². The van der Waals surface area contributed by atoms with Crippen LogP contribution in [0.3, 0.4) is 0 Å². The summed E-state index contributed by atoms with van der Waals surface area (Å²) >= 11 is 0. The molecule has 142 valence electrons. The Balaban J connectivity index is 1.44. The van der Waals surface area contributed by atoms with Crippen LogP contribution < -0.4 is 14.8 Å². The predicted octanol–water partition coefficient (Wildman–Crippen LogP) is 3.61. The van der Waals surface area contributed by atoms with E-state index in [1.165, 1.54) is 12.4 Å². The first-order chi connectivity index (χ1) is 13.7. The summed E-state index contributed by atoms with van der Waals surface area (Å²) in [5.74, 6) is 1.70. The van der Waals surface area contributed by atoms with Crippen LogP contribution >= 0.6 is 0 Å². The minimum atomic E-state index is -0.0963. The van der Waals surface area contributed by atoms with Gasteiger partial charge in [0.05, 0.1) is 5.56 Å². The number of benzene rings is 2. The van der Waals surface area contributed by atoms with Gasteiger partial charge in [-0.3, -0.25) is 4.79 Å². The number of aromatic nitrogens is 2. The van der Waals surface area contributed by atoms with Crippen molar-refractivity contribution in [2.45, 2.75) is 13.5 Å². The summed E-state index contributed by atoms with van der Waals surface area (Å²) < 4.78 is 10.7. The van der Waals surface area contributed by atoms with E-state index in [0.29, 0.717) is 36.1 Å².